The van der Waals surface area contributed by atoms with Crippen LogP contribution in [-0.4, -0.2) is 9.55 Å². The first-order valence-electron chi connectivity index (χ1n) is 7.74. The fourth-order valence-electron chi connectivity index (χ4n) is 3.13. The number of aromatic nitrogens is 2. The van der Waals surface area contributed by atoms with E-state index in [0.717, 1.165) is 29.7 Å². The Bertz CT molecular complexity index is 883. The average molecular weight is 286 g/mol. The van der Waals surface area contributed by atoms with Crippen LogP contribution in [0.15, 0.2) is 66.8 Å². The van der Waals surface area contributed by atoms with Crippen molar-refractivity contribution < 1.29 is 0 Å². The summed E-state index contributed by atoms with van der Waals surface area (Å²) in [7, 11) is 0. The first-order valence-corrected chi connectivity index (χ1v) is 7.74. The molecule has 0 bridgehead atoms. The summed E-state index contributed by atoms with van der Waals surface area (Å²) in [5, 5.41) is 0. The van der Waals surface area contributed by atoms with E-state index in [9.17, 15) is 0 Å². The van der Waals surface area contributed by atoms with Crippen molar-refractivity contribution in [3.05, 3.63) is 72.3 Å². The minimum absolute atomic E-state index is 1.03. The zero-order valence-corrected chi connectivity index (χ0v) is 12.7. The number of fused-ring (bicyclic) bond motifs is 1. The van der Waals surface area contributed by atoms with Gasteiger partial charge in [-0.05, 0) is 37.5 Å². The van der Waals surface area contributed by atoms with Crippen LogP contribution in [-0.2, 0) is 0 Å². The second-order valence-corrected chi connectivity index (χ2v) is 5.70. The van der Waals surface area contributed by atoms with Gasteiger partial charge in [0, 0.05) is 11.3 Å². The lowest BCUT2D eigenvalue weighted by molar-refractivity contribution is 0.958. The Labute approximate surface area is 130 Å². The summed E-state index contributed by atoms with van der Waals surface area (Å²) in [6.07, 6.45) is 8.72. The predicted molar refractivity (Wildman–Crippen MR) is 92.6 cm³/mol. The Morgan fingerprint density at radius 3 is 2.64 bits per heavy atom. The number of nitrogens with zero attached hydrogens (tertiary/aromatic N) is 2. The molecule has 0 atom stereocenters. The number of aryl methyl sites for hydroxylation is 1. The van der Waals surface area contributed by atoms with Gasteiger partial charge in [-0.3, -0.25) is 4.57 Å². The van der Waals surface area contributed by atoms with Gasteiger partial charge in [0.1, 0.15) is 5.82 Å². The number of hydrogen-bond donors (Lipinski definition) is 0. The van der Waals surface area contributed by atoms with E-state index < -0.39 is 0 Å². The highest BCUT2D eigenvalue weighted by molar-refractivity contribution is 5.87. The van der Waals surface area contributed by atoms with Gasteiger partial charge in [0.25, 0.3) is 0 Å². The molecule has 0 saturated carbocycles. The highest BCUT2D eigenvalue weighted by Crippen LogP contribution is 2.32. The van der Waals surface area contributed by atoms with Crippen molar-refractivity contribution in [3.8, 4) is 11.4 Å². The number of benzene rings is 2. The van der Waals surface area contributed by atoms with E-state index in [1.54, 1.807) is 0 Å². The maximum atomic E-state index is 4.92. The number of hydrogen-bond acceptors (Lipinski definition) is 1. The SMILES string of the molecule is Cc1cccc2nc(-c3ccccc3)n(C3=CC=CCC3)c12. The Hall–Kier alpha value is -2.61. The van der Waals surface area contributed by atoms with Gasteiger partial charge in [-0.15, -0.1) is 0 Å². The lowest BCUT2D eigenvalue weighted by Gasteiger charge is -2.15. The molecule has 0 N–H and O–H groups in total. The van der Waals surface area contributed by atoms with Gasteiger partial charge in [0.15, 0.2) is 0 Å². The smallest absolute Gasteiger partial charge is 0.145 e. The van der Waals surface area contributed by atoms with Crippen molar-refractivity contribution in [3.63, 3.8) is 0 Å². The van der Waals surface area contributed by atoms with Crippen molar-refractivity contribution in [1.29, 1.82) is 0 Å². The summed E-state index contributed by atoms with van der Waals surface area (Å²) in [5.74, 6) is 1.03. The monoisotopic (exact) mass is 286 g/mol. The van der Waals surface area contributed by atoms with Crippen LogP contribution in [0.5, 0.6) is 0 Å². The maximum absolute atomic E-state index is 4.92. The minimum atomic E-state index is 1.03. The molecule has 2 aromatic carbocycles. The zero-order chi connectivity index (χ0) is 14.9. The molecule has 3 aromatic rings. The van der Waals surface area contributed by atoms with Crippen LogP contribution >= 0.6 is 0 Å². The average Bonchev–Trinajstić information content (AvgIpc) is 2.97. The highest BCUT2D eigenvalue weighted by atomic mass is 15.1. The molecule has 0 saturated heterocycles. The third-order valence-corrected chi connectivity index (χ3v) is 4.19. The number of rotatable bonds is 2. The highest BCUT2D eigenvalue weighted by Gasteiger charge is 2.17. The number of para-hydroxylation sites is 1. The molecular formula is C20H18N2. The topological polar surface area (TPSA) is 17.8 Å². The molecule has 4 rings (SSSR count). The van der Waals surface area contributed by atoms with Crippen molar-refractivity contribution >= 4 is 16.7 Å². The van der Waals surface area contributed by atoms with Crippen LogP contribution < -0.4 is 0 Å². The molecule has 0 radical (unpaired) electrons. The zero-order valence-electron chi connectivity index (χ0n) is 12.7. The van der Waals surface area contributed by atoms with Gasteiger partial charge in [0.2, 0.25) is 0 Å². The Morgan fingerprint density at radius 1 is 1.00 bits per heavy atom. The van der Waals surface area contributed by atoms with E-state index >= 15 is 0 Å². The molecule has 1 aromatic heterocycles. The van der Waals surface area contributed by atoms with Crippen molar-refractivity contribution in [2.75, 3.05) is 0 Å². The normalized spacial score (nSPS) is 14.3. The summed E-state index contributed by atoms with van der Waals surface area (Å²) in [5.41, 5.74) is 6.03. The summed E-state index contributed by atoms with van der Waals surface area (Å²) in [6.45, 7) is 2.16. The van der Waals surface area contributed by atoms with Gasteiger partial charge in [-0.1, -0.05) is 54.6 Å². The summed E-state index contributed by atoms with van der Waals surface area (Å²) in [4.78, 5) is 4.92. The molecule has 0 aliphatic heterocycles. The van der Waals surface area contributed by atoms with Crippen LogP contribution in [0.1, 0.15) is 18.4 Å². The van der Waals surface area contributed by atoms with Crippen molar-refractivity contribution in [1.82, 2.24) is 9.55 Å². The molecular weight excluding hydrogens is 268 g/mol. The predicted octanol–water partition coefficient (Wildman–Crippen LogP) is 5.20. The van der Waals surface area contributed by atoms with Gasteiger partial charge in [-0.2, -0.15) is 0 Å². The quantitative estimate of drug-likeness (QED) is 0.633. The van der Waals surface area contributed by atoms with Crippen molar-refractivity contribution in [2.24, 2.45) is 0 Å². The molecule has 2 nitrogen and oxygen atoms in total. The fraction of sp³-hybridized carbons (Fsp3) is 0.150. The third-order valence-electron chi connectivity index (χ3n) is 4.19. The molecule has 1 heterocycles. The minimum Gasteiger partial charge on any atom is -0.296 e. The Kier molecular flexibility index (Phi) is 3.15. The van der Waals surface area contributed by atoms with E-state index in [0.29, 0.717) is 0 Å². The second kappa shape index (κ2) is 5.30. The van der Waals surface area contributed by atoms with Gasteiger partial charge < -0.3 is 0 Å². The molecule has 22 heavy (non-hydrogen) atoms. The Morgan fingerprint density at radius 2 is 1.86 bits per heavy atom. The van der Waals surface area contributed by atoms with Crippen LogP contribution in [0.2, 0.25) is 0 Å². The molecule has 0 fully saturated rings. The molecule has 2 heteroatoms. The molecule has 1 aliphatic rings. The van der Waals surface area contributed by atoms with Gasteiger partial charge in [0.05, 0.1) is 11.0 Å². The van der Waals surface area contributed by atoms with Gasteiger partial charge >= 0.3 is 0 Å². The van der Waals surface area contributed by atoms with E-state index in [1.165, 1.54) is 16.8 Å². The molecule has 0 amide bonds. The maximum Gasteiger partial charge on any atom is 0.145 e. The number of allylic oxidation sites excluding steroid dienone is 4. The van der Waals surface area contributed by atoms with Crippen LogP contribution in [0.4, 0.5) is 0 Å². The first kappa shape index (κ1) is 13.1. The third kappa shape index (κ3) is 2.08. The van der Waals surface area contributed by atoms with E-state index in [2.05, 4.69) is 72.2 Å². The lowest BCUT2D eigenvalue weighted by Crippen LogP contribution is -2.02. The van der Waals surface area contributed by atoms with E-state index in [1.807, 2.05) is 6.07 Å². The standard InChI is InChI=1S/C20H18N2/c1-15-9-8-14-18-19(15)22(17-12-6-3-7-13-17)20(21-18)16-10-4-2-5-11-16/h2-6,8-12,14H,7,13H2,1H3. The summed E-state index contributed by atoms with van der Waals surface area (Å²) in [6, 6.07) is 16.8. The number of imidazole rings is 1. The summed E-state index contributed by atoms with van der Waals surface area (Å²) < 4.78 is 2.34. The largest absolute Gasteiger partial charge is 0.296 e. The summed E-state index contributed by atoms with van der Waals surface area (Å²) >= 11 is 0. The lowest BCUT2D eigenvalue weighted by atomic mass is 10.1. The molecule has 1 aliphatic carbocycles. The van der Waals surface area contributed by atoms with E-state index in [-0.39, 0.29) is 0 Å². The van der Waals surface area contributed by atoms with Gasteiger partial charge in [-0.25, -0.2) is 4.98 Å². The van der Waals surface area contributed by atoms with Crippen LogP contribution in [0.25, 0.3) is 28.1 Å². The van der Waals surface area contributed by atoms with E-state index in [4.69, 9.17) is 4.98 Å². The fourth-order valence-corrected chi connectivity index (χ4v) is 3.13. The van der Waals surface area contributed by atoms with Crippen molar-refractivity contribution in [2.45, 2.75) is 19.8 Å². The molecule has 0 spiro atoms. The van der Waals surface area contributed by atoms with Crippen LogP contribution in [0.3, 0.4) is 0 Å². The molecule has 0 unspecified atom stereocenters. The first-order chi connectivity index (χ1) is 10.8. The second-order valence-electron chi connectivity index (χ2n) is 5.70. The Balaban J connectivity index is 2.06. The van der Waals surface area contributed by atoms with Crippen LogP contribution in [0, 0.1) is 6.92 Å². The molecule has 108 valence electrons.